The molecule has 1 aromatic heterocycles. The summed E-state index contributed by atoms with van der Waals surface area (Å²) < 4.78 is 0. The smallest absolute Gasteiger partial charge is 0.328 e. The first-order chi connectivity index (χ1) is 8.99. The van der Waals surface area contributed by atoms with Crippen LogP contribution in [0.2, 0.25) is 0 Å². The summed E-state index contributed by atoms with van der Waals surface area (Å²) in [7, 11) is 0. The van der Waals surface area contributed by atoms with Crippen molar-refractivity contribution in [2.75, 3.05) is 0 Å². The highest BCUT2D eigenvalue weighted by molar-refractivity contribution is 7.10. The maximum atomic E-state index is 11.8. The second-order valence-corrected chi connectivity index (χ2v) is 5.39. The Morgan fingerprint density at radius 3 is 2.89 bits per heavy atom. The molecule has 2 heterocycles. The van der Waals surface area contributed by atoms with Crippen molar-refractivity contribution in [1.29, 1.82) is 0 Å². The van der Waals surface area contributed by atoms with E-state index in [1.54, 1.807) is 13.0 Å². The number of imide groups is 1. The average molecular weight is 279 g/mol. The third kappa shape index (κ3) is 2.90. The molecule has 1 unspecified atom stereocenters. The normalized spacial score (nSPS) is 19.6. The fourth-order valence-electron chi connectivity index (χ4n) is 1.95. The summed E-state index contributed by atoms with van der Waals surface area (Å²) in [6.07, 6.45) is 2.77. The second-order valence-electron chi connectivity index (χ2n) is 4.39. The van der Waals surface area contributed by atoms with Crippen LogP contribution in [0.15, 0.2) is 17.5 Å². The fraction of sp³-hybridized carbons (Fsp3) is 0.308. The summed E-state index contributed by atoms with van der Waals surface area (Å²) in [6.45, 7) is 1.96. The summed E-state index contributed by atoms with van der Waals surface area (Å²) in [6, 6.07) is 1.77. The molecular weight excluding hydrogens is 266 g/mol. The van der Waals surface area contributed by atoms with Crippen LogP contribution in [0.4, 0.5) is 0 Å². The minimum atomic E-state index is -1.03. The van der Waals surface area contributed by atoms with Gasteiger partial charge in [-0.25, -0.2) is 4.79 Å². The van der Waals surface area contributed by atoms with E-state index in [2.05, 4.69) is 0 Å². The van der Waals surface area contributed by atoms with E-state index in [1.807, 2.05) is 5.38 Å². The van der Waals surface area contributed by atoms with Gasteiger partial charge in [0.1, 0.15) is 0 Å². The van der Waals surface area contributed by atoms with Crippen LogP contribution in [0.3, 0.4) is 0 Å². The van der Waals surface area contributed by atoms with Gasteiger partial charge >= 0.3 is 5.97 Å². The first kappa shape index (κ1) is 13.5. The van der Waals surface area contributed by atoms with Gasteiger partial charge in [-0.3, -0.25) is 14.5 Å². The van der Waals surface area contributed by atoms with Crippen molar-refractivity contribution in [1.82, 2.24) is 4.90 Å². The Balaban J connectivity index is 2.16. The van der Waals surface area contributed by atoms with Gasteiger partial charge in [-0.1, -0.05) is 6.92 Å². The van der Waals surface area contributed by atoms with E-state index in [4.69, 9.17) is 5.11 Å². The Morgan fingerprint density at radius 2 is 2.32 bits per heavy atom. The van der Waals surface area contributed by atoms with Gasteiger partial charge in [0, 0.05) is 23.3 Å². The van der Waals surface area contributed by atoms with E-state index >= 15 is 0 Å². The zero-order valence-electron chi connectivity index (χ0n) is 10.3. The van der Waals surface area contributed by atoms with E-state index in [1.165, 1.54) is 22.3 Å². The Kier molecular flexibility index (Phi) is 3.80. The van der Waals surface area contributed by atoms with Crippen molar-refractivity contribution < 1.29 is 19.5 Å². The maximum Gasteiger partial charge on any atom is 0.328 e. The predicted octanol–water partition coefficient (Wildman–Crippen LogP) is 1.74. The molecule has 2 amide bonds. The molecule has 1 atom stereocenters. The fourth-order valence-corrected chi connectivity index (χ4v) is 2.80. The molecule has 1 aliphatic heterocycles. The van der Waals surface area contributed by atoms with Gasteiger partial charge in [0.25, 0.3) is 0 Å². The topological polar surface area (TPSA) is 74.7 Å². The highest BCUT2D eigenvalue weighted by Gasteiger charge is 2.35. The molecule has 0 saturated carbocycles. The number of carboxylic acids is 1. The molecule has 0 aliphatic carbocycles. The summed E-state index contributed by atoms with van der Waals surface area (Å²) in [5.74, 6) is -1.62. The second kappa shape index (κ2) is 5.36. The number of thiophene rings is 1. The lowest BCUT2D eigenvalue weighted by Gasteiger charge is -2.13. The predicted molar refractivity (Wildman–Crippen MR) is 70.3 cm³/mol. The van der Waals surface area contributed by atoms with E-state index in [-0.39, 0.29) is 30.7 Å². The Morgan fingerprint density at radius 1 is 1.58 bits per heavy atom. The molecule has 6 heteroatoms. The van der Waals surface area contributed by atoms with Gasteiger partial charge in [-0.2, -0.15) is 0 Å². The minimum absolute atomic E-state index is 0.161. The van der Waals surface area contributed by atoms with Crippen molar-refractivity contribution in [3.05, 3.63) is 28.0 Å². The first-order valence-corrected chi connectivity index (χ1v) is 6.68. The lowest BCUT2D eigenvalue weighted by Crippen LogP contribution is -2.29. The maximum absolute atomic E-state index is 11.8. The number of carbonyl (C=O) groups is 3. The van der Waals surface area contributed by atoms with E-state index < -0.39 is 5.97 Å². The molecule has 1 saturated heterocycles. The Hall–Kier alpha value is -1.95. The third-order valence-corrected chi connectivity index (χ3v) is 3.88. The lowest BCUT2D eigenvalue weighted by molar-refractivity contribution is -0.140. The summed E-state index contributed by atoms with van der Waals surface area (Å²) >= 11 is 1.40. The molecule has 1 aromatic rings. The zero-order valence-corrected chi connectivity index (χ0v) is 11.1. The van der Waals surface area contributed by atoms with Crippen LogP contribution in [-0.2, 0) is 20.9 Å². The molecule has 5 nitrogen and oxygen atoms in total. The van der Waals surface area contributed by atoms with Crippen LogP contribution in [-0.4, -0.2) is 27.8 Å². The quantitative estimate of drug-likeness (QED) is 0.673. The molecule has 0 spiro atoms. The molecule has 1 N–H and O–H groups in total. The molecule has 1 aliphatic rings. The minimum Gasteiger partial charge on any atom is -0.478 e. The molecule has 1 fully saturated rings. The highest BCUT2D eigenvalue weighted by atomic mass is 32.1. The van der Waals surface area contributed by atoms with E-state index in [0.29, 0.717) is 0 Å². The van der Waals surface area contributed by atoms with Crippen molar-refractivity contribution in [2.24, 2.45) is 5.92 Å². The van der Waals surface area contributed by atoms with Gasteiger partial charge in [-0.15, -0.1) is 11.3 Å². The molecule has 0 aromatic carbocycles. The number of carboxylic acid groups (broad SMARTS) is 1. The summed E-state index contributed by atoms with van der Waals surface area (Å²) in [4.78, 5) is 36.1. The van der Waals surface area contributed by atoms with Crippen LogP contribution in [0.25, 0.3) is 6.08 Å². The third-order valence-electron chi connectivity index (χ3n) is 2.96. The standard InChI is InChI=1S/C13H13NO4S/c1-8-6-11(15)14(13(8)18)7-10-9(4-5-19-10)2-3-12(16)17/h2-5,8H,6-7H2,1H3,(H,16,17). The van der Waals surface area contributed by atoms with Crippen LogP contribution >= 0.6 is 11.3 Å². The van der Waals surface area contributed by atoms with Crippen molar-refractivity contribution in [3.8, 4) is 0 Å². The van der Waals surface area contributed by atoms with E-state index in [0.717, 1.165) is 16.5 Å². The first-order valence-electron chi connectivity index (χ1n) is 5.80. The van der Waals surface area contributed by atoms with Crippen LogP contribution in [0.5, 0.6) is 0 Å². The highest BCUT2D eigenvalue weighted by Crippen LogP contribution is 2.25. The average Bonchev–Trinajstić information content (AvgIpc) is 2.87. The van der Waals surface area contributed by atoms with Crippen molar-refractivity contribution >= 4 is 35.2 Å². The number of carbonyl (C=O) groups excluding carboxylic acids is 2. The van der Waals surface area contributed by atoms with Crippen molar-refractivity contribution in [2.45, 2.75) is 19.9 Å². The van der Waals surface area contributed by atoms with Gasteiger partial charge in [0.05, 0.1) is 6.54 Å². The van der Waals surface area contributed by atoms with Gasteiger partial charge in [0.15, 0.2) is 0 Å². The van der Waals surface area contributed by atoms with Crippen LogP contribution < -0.4 is 0 Å². The zero-order chi connectivity index (χ0) is 14.0. The monoisotopic (exact) mass is 279 g/mol. The van der Waals surface area contributed by atoms with Gasteiger partial charge < -0.3 is 5.11 Å². The number of rotatable bonds is 4. The largest absolute Gasteiger partial charge is 0.478 e. The SMILES string of the molecule is CC1CC(=O)N(Cc2sccc2C=CC(=O)O)C1=O. The van der Waals surface area contributed by atoms with Crippen LogP contribution in [0.1, 0.15) is 23.8 Å². The van der Waals surface area contributed by atoms with Gasteiger partial charge in [0.2, 0.25) is 11.8 Å². The number of likely N-dealkylation sites (tertiary alicyclic amines) is 1. The molecule has 100 valence electrons. The molecule has 0 bridgehead atoms. The molecular formula is C13H13NO4S. The summed E-state index contributed by atoms with van der Waals surface area (Å²) in [5, 5.41) is 10.4. The van der Waals surface area contributed by atoms with Crippen LogP contribution in [0, 0.1) is 5.92 Å². The number of hydrogen-bond acceptors (Lipinski definition) is 4. The van der Waals surface area contributed by atoms with Gasteiger partial charge in [-0.05, 0) is 23.1 Å². The Labute approximate surface area is 114 Å². The number of hydrogen-bond donors (Lipinski definition) is 1. The molecule has 19 heavy (non-hydrogen) atoms. The molecule has 2 rings (SSSR count). The number of nitrogens with zero attached hydrogens (tertiary/aromatic N) is 1. The van der Waals surface area contributed by atoms with E-state index in [9.17, 15) is 14.4 Å². The summed E-state index contributed by atoms with van der Waals surface area (Å²) in [5.41, 5.74) is 0.729. The number of amides is 2. The lowest BCUT2D eigenvalue weighted by atomic mass is 10.1. The van der Waals surface area contributed by atoms with Crippen molar-refractivity contribution in [3.63, 3.8) is 0 Å². The molecule has 0 radical (unpaired) electrons. The Bertz CT molecular complexity index is 561. The number of aliphatic carboxylic acids is 1.